The van der Waals surface area contributed by atoms with E-state index in [4.69, 9.17) is 5.73 Å². The Kier molecular flexibility index (Phi) is 1.90. The van der Waals surface area contributed by atoms with Crippen molar-refractivity contribution in [2.24, 2.45) is 15.7 Å². The highest BCUT2D eigenvalue weighted by molar-refractivity contribution is 6.02. The highest BCUT2D eigenvalue weighted by atomic mass is 16.2. The van der Waals surface area contributed by atoms with Crippen LogP contribution >= 0.6 is 0 Å². The fraction of sp³-hybridized carbons (Fsp3) is 0.625. The van der Waals surface area contributed by atoms with Crippen molar-refractivity contribution in [3.05, 3.63) is 0 Å². The molecule has 0 bridgehead atoms. The number of amides is 1. The molecule has 0 aromatic heterocycles. The second-order valence-electron chi connectivity index (χ2n) is 3.67. The van der Waals surface area contributed by atoms with Gasteiger partial charge in [-0.05, 0) is 13.8 Å². The first-order chi connectivity index (χ1) is 6.59. The number of guanidine groups is 1. The topological polar surface area (TPSA) is 83.1 Å². The number of nitrogens with two attached hydrogens (primary N) is 1. The summed E-state index contributed by atoms with van der Waals surface area (Å²) in [6.07, 6.45) is 1.41. The van der Waals surface area contributed by atoms with Crippen molar-refractivity contribution in [2.75, 3.05) is 0 Å². The molecule has 2 rings (SSSR count). The molecule has 76 valence electrons. The van der Waals surface area contributed by atoms with Crippen LogP contribution in [0.15, 0.2) is 9.98 Å². The quantitative estimate of drug-likeness (QED) is 0.556. The van der Waals surface area contributed by atoms with E-state index in [9.17, 15) is 4.79 Å². The van der Waals surface area contributed by atoms with E-state index in [0.29, 0.717) is 0 Å². The maximum absolute atomic E-state index is 11.4. The standard InChI is InChI=1S/C8H13N5O/c1-4(2)13-3-10-5-6(13)11-8(9)12-7(5)14/h3-6H,1-2H3,(H3,9,11,12,14). The molecule has 2 atom stereocenters. The minimum Gasteiger partial charge on any atom is -0.370 e. The summed E-state index contributed by atoms with van der Waals surface area (Å²) in [4.78, 5) is 21.6. The summed E-state index contributed by atoms with van der Waals surface area (Å²) in [5, 5.41) is 2.46. The van der Waals surface area contributed by atoms with Crippen LogP contribution in [0.1, 0.15) is 13.8 Å². The fourth-order valence-electron chi connectivity index (χ4n) is 1.61. The van der Waals surface area contributed by atoms with Gasteiger partial charge in [0.15, 0.2) is 18.2 Å². The average molecular weight is 195 g/mol. The van der Waals surface area contributed by atoms with Gasteiger partial charge >= 0.3 is 0 Å². The van der Waals surface area contributed by atoms with Crippen LogP contribution in [0.5, 0.6) is 0 Å². The van der Waals surface area contributed by atoms with Crippen LogP contribution < -0.4 is 11.1 Å². The second kappa shape index (κ2) is 2.97. The predicted molar refractivity (Wildman–Crippen MR) is 52.8 cm³/mol. The van der Waals surface area contributed by atoms with Gasteiger partial charge < -0.3 is 10.6 Å². The Morgan fingerprint density at radius 3 is 3.00 bits per heavy atom. The average Bonchev–Trinajstić information content (AvgIpc) is 2.47. The highest BCUT2D eigenvalue weighted by Gasteiger charge is 2.39. The largest absolute Gasteiger partial charge is 0.370 e. The lowest BCUT2D eigenvalue weighted by Gasteiger charge is -2.30. The van der Waals surface area contributed by atoms with Crippen LogP contribution in [0.25, 0.3) is 0 Å². The Morgan fingerprint density at radius 1 is 1.64 bits per heavy atom. The van der Waals surface area contributed by atoms with Crippen molar-refractivity contribution in [1.82, 2.24) is 10.2 Å². The molecule has 2 heterocycles. The first kappa shape index (κ1) is 8.98. The molecule has 2 unspecified atom stereocenters. The molecule has 14 heavy (non-hydrogen) atoms. The third kappa shape index (κ3) is 1.23. The summed E-state index contributed by atoms with van der Waals surface area (Å²) < 4.78 is 0. The van der Waals surface area contributed by atoms with Gasteiger partial charge in [-0.3, -0.25) is 15.1 Å². The van der Waals surface area contributed by atoms with Crippen molar-refractivity contribution < 1.29 is 4.79 Å². The van der Waals surface area contributed by atoms with Gasteiger partial charge in [-0.2, -0.15) is 0 Å². The molecule has 6 heteroatoms. The van der Waals surface area contributed by atoms with Crippen LogP contribution in [0.4, 0.5) is 0 Å². The summed E-state index contributed by atoms with van der Waals surface area (Å²) in [5.74, 6) is -0.00528. The number of hydrogen-bond donors (Lipinski definition) is 2. The molecule has 1 amide bonds. The maximum atomic E-state index is 11.4. The van der Waals surface area contributed by atoms with E-state index >= 15 is 0 Å². The van der Waals surface area contributed by atoms with E-state index in [2.05, 4.69) is 15.3 Å². The predicted octanol–water partition coefficient (Wildman–Crippen LogP) is -1.12. The van der Waals surface area contributed by atoms with Gasteiger partial charge in [0.2, 0.25) is 0 Å². The molecule has 0 saturated heterocycles. The van der Waals surface area contributed by atoms with Crippen molar-refractivity contribution in [3.8, 4) is 0 Å². The van der Waals surface area contributed by atoms with Gasteiger partial charge in [-0.1, -0.05) is 0 Å². The van der Waals surface area contributed by atoms with Gasteiger partial charge in [0, 0.05) is 6.04 Å². The zero-order valence-electron chi connectivity index (χ0n) is 8.14. The minimum absolute atomic E-state index is 0.174. The SMILES string of the molecule is CC(C)N1C=NC2C(=O)NC(N)=NC21. The molecule has 0 aliphatic carbocycles. The fourth-order valence-corrected chi connectivity index (χ4v) is 1.61. The van der Waals surface area contributed by atoms with E-state index in [1.165, 1.54) is 0 Å². The number of carbonyl (C=O) groups is 1. The summed E-state index contributed by atoms with van der Waals surface area (Å²) in [7, 11) is 0. The lowest BCUT2D eigenvalue weighted by Crippen LogP contribution is -2.54. The third-order valence-corrected chi connectivity index (χ3v) is 2.34. The maximum Gasteiger partial charge on any atom is 0.255 e. The summed E-state index contributed by atoms with van der Waals surface area (Å²) in [5.41, 5.74) is 5.48. The number of nitrogens with one attached hydrogen (secondary N) is 1. The molecule has 0 aromatic carbocycles. The summed E-state index contributed by atoms with van der Waals surface area (Å²) >= 11 is 0. The normalized spacial score (nSPS) is 30.4. The Bertz CT molecular complexity index is 322. The molecule has 0 spiro atoms. The minimum atomic E-state index is -0.440. The summed E-state index contributed by atoms with van der Waals surface area (Å²) in [6.45, 7) is 4.04. The summed E-state index contributed by atoms with van der Waals surface area (Å²) in [6, 6.07) is -0.180. The van der Waals surface area contributed by atoms with Crippen molar-refractivity contribution in [2.45, 2.75) is 32.1 Å². The van der Waals surface area contributed by atoms with Gasteiger partial charge in [-0.25, -0.2) is 4.99 Å². The van der Waals surface area contributed by atoms with Crippen LogP contribution in [-0.4, -0.2) is 41.4 Å². The molecule has 0 radical (unpaired) electrons. The zero-order chi connectivity index (χ0) is 10.3. The number of fused-ring (bicyclic) bond motifs is 1. The monoisotopic (exact) mass is 195 g/mol. The number of hydrogen-bond acceptors (Lipinski definition) is 5. The number of nitrogens with zero attached hydrogens (tertiary/aromatic N) is 3. The van der Waals surface area contributed by atoms with Gasteiger partial charge in [-0.15, -0.1) is 0 Å². The first-order valence-electron chi connectivity index (χ1n) is 4.54. The molecule has 0 aromatic rings. The molecule has 3 N–H and O–H groups in total. The van der Waals surface area contributed by atoms with Gasteiger partial charge in [0.25, 0.3) is 5.91 Å². The molecule has 6 nitrogen and oxygen atoms in total. The van der Waals surface area contributed by atoms with Crippen LogP contribution in [0.3, 0.4) is 0 Å². The van der Waals surface area contributed by atoms with Gasteiger partial charge in [0.05, 0.1) is 6.34 Å². The molecule has 0 fully saturated rings. The first-order valence-corrected chi connectivity index (χ1v) is 4.54. The molecular formula is C8H13N5O. The Morgan fingerprint density at radius 2 is 2.36 bits per heavy atom. The van der Waals surface area contributed by atoms with Crippen molar-refractivity contribution in [1.29, 1.82) is 0 Å². The lowest BCUT2D eigenvalue weighted by atomic mass is 10.2. The van der Waals surface area contributed by atoms with E-state index < -0.39 is 6.04 Å². The van der Waals surface area contributed by atoms with Crippen molar-refractivity contribution in [3.63, 3.8) is 0 Å². The van der Waals surface area contributed by atoms with Gasteiger partial charge in [0.1, 0.15) is 0 Å². The number of rotatable bonds is 1. The molecule has 2 aliphatic heterocycles. The molecule has 0 saturated carbocycles. The smallest absolute Gasteiger partial charge is 0.255 e. The number of aliphatic imine (C=N–C) groups is 2. The Hall–Kier alpha value is -1.59. The zero-order valence-corrected chi connectivity index (χ0v) is 8.14. The second-order valence-corrected chi connectivity index (χ2v) is 3.67. The van der Waals surface area contributed by atoms with Crippen LogP contribution in [-0.2, 0) is 4.79 Å². The van der Waals surface area contributed by atoms with Crippen LogP contribution in [0, 0.1) is 0 Å². The van der Waals surface area contributed by atoms with E-state index in [1.807, 2.05) is 18.7 Å². The van der Waals surface area contributed by atoms with E-state index in [1.54, 1.807) is 6.34 Å². The Labute approximate surface area is 81.9 Å². The van der Waals surface area contributed by atoms with E-state index in [-0.39, 0.29) is 24.1 Å². The van der Waals surface area contributed by atoms with Crippen molar-refractivity contribution >= 4 is 18.2 Å². The third-order valence-electron chi connectivity index (χ3n) is 2.34. The molecular weight excluding hydrogens is 182 g/mol. The van der Waals surface area contributed by atoms with E-state index in [0.717, 1.165) is 0 Å². The number of carbonyl (C=O) groups excluding carboxylic acids is 1. The van der Waals surface area contributed by atoms with Crippen LogP contribution in [0.2, 0.25) is 0 Å². The lowest BCUT2D eigenvalue weighted by molar-refractivity contribution is -0.122. The highest BCUT2D eigenvalue weighted by Crippen LogP contribution is 2.19. The Balaban J connectivity index is 2.28. The molecule has 2 aliphatic rings.